The quantitative estimate of drug-likeness (QED) is 0.326. The smallest absolute Gasteiger partial charge is 0.297 e. The van der Waals surface area contributed by atoms with Gasteiger partial charge in [-0.3, -0.25) is 15.0 Å². The van der Waals surface area contributed by atoms with Crippen molar-refractivity contribution in [1.82, 2.24) is 10.4 Å². The van der Waals surface area contributed by atoms with Crippen molar-refractivity contribution < 1.29 is 14.3 Å². The van der Waals surface area contributed by atoms with E-state index >= 15 is 0 Å². The van der Waals surface area contributed by atoms with Gasteiger partial charge in [0.15, 0.2) is 5.84 Å². The fourth-order valence-corrected chi connectivity index (χ4v) is 4.24. The molecule has 4 aromatic carbocycles. The van der Waals surface area contributed by atoms with Crippen LogP contribution in [0, 0.1) is 0 Å². The highest BCUT2D eigenvalue weighted by Crippen LogP contribution is 2.26. The Morgan fingerprint density at radius 1 is 0.973 bits per heavy atom. The van der Waals surface area contributed by atoms with Gasteiger partial charge in [-0.1, -0.05) is 78.3 Å². The van der Waals surface area contributed by atoms with E-state index in [1.54, 1.807) is 37.5 Å². The highest BCUT2D eigenvalue weighted by molar-refractivity contribution is 6.30. The molecule has 1 N–H and O–H groups in total. The molecule has 0 saturated heterocycles. The van der Waals surface area contributed by atoms with Crippen LogP contribution in [0.4, 0.5) is 0 Å². The lowest BCUT2D eigenvalue weighted by molar-refractivity contribution is -0.134. The Labute approximate surface area is 219 Å². The number of methoxy groups -OCH3 is 1. The third kappa shape index (κ3) is 5.10. The lowest BCUT2D eigenvalue weighted by atomic mass is 9.97. The third-order valence-corrected chi connectivity index (χ3v) is 6.50. The maximum absolute atomic E-state index is 13.4. The van der Waals surface area contributed by atoms with Crippen molar-refractivity contribution >= 4 is 46.1 Å². The Balaban J connectivity index is 1.42. The second-order valence-corrected chi connectivity index (χ2v) is 9.13. The average molecular weight is 510 g/mol. The molecule has 37 heavy (non-hydrogen) atoms. The molecule has 1 aliphatic rings. The van der Waals surface area contributed by atoms with Gasteiger partial charge in [0.2, 0.25) is 5.91 Å². The molecule has 4 aromatic rings. The fraction of sp³-hybridized carbons (Fsp3) is 0.100. The lowest BCUT2D eigenvalue weighted by Crippen LogP contribution is -2.48. The second kappa shape index (κ2) is 10.3. The van der Waals surface area contributed by atoms with Crippen molar-refractivity contribution in [3.63, 3.8) is 0 Å². The third-order valence-electron chi connectivity index (χ3n) is 6.25. The van der Waals surface area contributed by atoms with Crippen molar-refractivity contribution in [1.29, 1.82) is 0 Å². The van der Waals surface area contributed by atoms with Gasteiger partial charge < -0.3 is 4.74 Å². The maximum Gasteiger partial charge on any atom is 0.297 e. The largest absolute Gasteiger partial charge is 0.497 e. The van der Waals surface area contributed by atoms with Gasteiger partial charge in [0.05, 0.1) is 13.0 Å². The summed E-state index contributed by atoms with van der Waals surface area (Å²) in [4.78, 5) is 31.3. The van der Waals surface area contributed by atoms with Crippen LogP contribution in [0.1, 0.15) is 29.5 Å². The predicted molar refractivity (Wildman–Crippen MR) is 146 cm³/mol. The number of aliphatic imine (C=N–C) groups is 1. The minimum atomic E-state index is -0.513. The van der Waals surface area contributed by atoms with Gasteiger partial charge in [0, 0.05) is 10.6 Å². The number of halogens is 1. The highest BCUT2D eigenvalue weighted by atomic mass is 35.5. The van der Waals surface area contributed by atoms with Gasteiger partial charge in [-0.15, -0.1) is 0 Å². The summed E-state index contributed by atoms with van der Waals surface area (Å²) in [7, 11) is 1.63. The first kappa shape index (κ1) is 24.3. The van der Waals surface area contributed by atoms with Crippen molar-refractivity contribution in [3.8, 4) is 5.75 Å². The molecule has 7 heteroatoms. The zero-order valence-corrected chi connectivity index (χ0v) is 21.1. The standard InChI is InChI=1S/C30H24ClN3O3/c1-19(22-10-11-24-18-26(37-2)15-12-23(24)17-22)29(35)33-34-28(21-6-4-3-5-7-21)32-27(30(34)36)16-20-8-13-25(31)14-9-20/h3-19H,1-2H3,(H,33,35)/b27-16+. The number of hydrazine groups is 1. The van der Waals surface area contributed by atoms with E-state index in [9.17, 15) is 9.59 Å². The summed E-state index contributed by atoms with van der Waals surface area (Å²) in [6.07, 6.45) is 1.68. The van der Waals surface area contributed by atoms with Crippen LogP contribution in [-0.2, 0) is 9.59 Å². The molecule has 1 unspecified atom stereocenters. The van der Waals surface area contributed by atoms with E-state index in [-0.39, 0.29) is 11.6 Å². The van der Waals surface area contributed by atoms with E-state index in [0.717, 1.165) is 27.6 Å². The number of carbonyl (C=O) groups excluding carboxylic acids is 2. The molecule has 6 nitrogen and oxygen atoms in total. The van der Waals surface area contributed by atoms with E-state index in [1.807, 2.05) is 73.7 Å². The lowest BCUT2D eigenvalue weighted by Gasteiger charge is -2.22. The Morgan fingerprint density at radius 2 is 1.68 bits per heavy atom. The van der Waals surface area contributed by atoms with E-state index < -0.39 is 11.8 Å². The van der Waals surface area contributed by atoms with Crippen molar-refractivity contribution in [2.75, 3.05) is 7.11 Å². The van der Waals surface area contributed by atoms with Crippen LogP contribution in [0.3, 0.4) is 0 Å². The number of carbonyl (C=O) groups is 2. The van der Waals surface area contributed by atoms with E-state index in [2.05, 4.69) is 10.4 Å². The number of benzene rings is 4. The Kier molecular flexibility index (Phi) is 6.75. The number of ether oxygens (including phenoxy) is 1. The fourth-order valence-electron chi connectivity index (χ4n) is 4.12. The Morgan fingerprint density at radius 3 is 2.41 bits per heavy atom. The van der Waals surface area contributed by atoms with E-state index in [0.29, 0.717) is 16.4 Å². The molecule has 1 heterocycles. The van der Waals surface area contributed by atoms with Crippen molar-refractivity contribution in [2.45, 2.75) is 12.8 Å². The monoisotopic (exact) mass is 509 g/mol. The van der Waals surface area contributed by atoms with Crippen molar-refractivity contribution in [2.24, 2.45) is 4.99 Å². The molecule has 0 bridgehead atoms. The first-order chi connectivity index (χ1) is 17.9. The summed E-state index contributed by atoms with van der Waals surface area (Å²) < 4.78 is 5.30. The van der Waals surface area contributed by atoms with Crippen LogP contribution >= 0.6 is 11.6 Å². The van der Waals surface area contributed by atoms with Crippen LogP contribution < -0.4 is 10.2 Å². The molecule has 0 radical (unpaired) electrons. The average Bonchev–Trinajstić information content (AvgIpc) is 3.23. The van der Waals surface area contributed by atoms with Crippen LogP contribution in [0.5, 0.6) is 5.75 Å². The number of hydrogen-bond acceptors (Lipinski definition) is 4. The summed E-state index contributed by atoms with van der Waals surface area (Å²) in [5, 5.41) is 3.84. The van der Waals surface area contributed by atoms with Crippen LogP contribution in [0.25, 0.3) is 16.8 Å². The molecular weight excluding hydrogens is 486 g/mol. The van der Waals surface area contributed by atoms with Gasteiger partial charge in [-0.05, 0) is 59.2 Å². The minimum Gasteiger partial charge on any atom is -0.497 e. The molecule has 2 amide bonds. The van der Waals surface area contributed by atoms with Gasteiger partial charge in [0.1, 0.15) is 11.4 Å². The highest BCUT2D eigenvalue weighted by Gasteiger charge is 2.33. The molecule has 0 aromatic heterocycles. The SMILES string of the molecule is COc1ccc2cc(C(C)C(=O)NN3C(=O)/C(=C\c4ccc(Cl)cc4)N=C3c3ccccc3)ccc2c1. The van der Waals surface area contributed by atoms with E-state index in [4.69, 9.17) is 16.3 Å². The summed E-state index contributed by atoms with van der Waals surface area (Å²) in [6, 6.07) is 28.0. The molecule has 0 fully saturated rings. The zero-order chi connectivity index (χ0) is 25.9. The minimum absolute atomic E-state index is 0.216. The summed E-state index contributed by atoms with van der Waals surface area (Å²) >= 11 is 5.99. The van der Waals surface area contributed by atoms with Crippen LogP contribution in [0.2, 0.25) is 5.02 Å². The van der Waals surface area contributed by atoms with Crippen LogP contribution in [0.15, 0.2) is 102 Å². The first-order valence-corrected chi connectivity index (χ1v) is 12.1. The number of amides is 2. The number of rotatable bonds is 6. The molecular formula is C30H24ClN3O3. The van der Waals surface area contributed by atoms with Crippen LogP contribution in [-0.4, -0.2) is 29.8 Å². The molecule has 1 aliphatic heterocycles. The summed E-state index contributed by atoms with van der Waals surface area (Å²) in [6.45, 7) is 1.81. The normalized spacial score (nSPS) is 15.1. The first-order valence-electron chi connectivity index (χ1n) is 11.8. The number of fused-ring (bicyclic) bond motifs is 1. The predicted octanol–water partition coefficient (Wildman–Crippen LogP) is 5.97. The molecule has 184 valence electrons. The summed E-state index contributed by atoms with van der Waals surface area (Å²) in [5.74, 6) is -0.121. The zero-order valence-electron chi connectivity index (χ0n) is 20.3. The van der Waals surface area contributed by atoms with Gasteiger partial charge in [0.25, 0.3) is 5.91 Å². The van der Waals surface area contributed by atoms with Gasteiger partial charge >= 0.3 is 0 Å². The maximum atomic E-state index is 13.4. The van der Waals surface area contributed by atoms with Crippen molar-refractivity contribution in [3.05, 3.63) is 118 Å². The molecule has 1 atom stereocenters. The summed E-state index contributed by atoms with van der Waals surface area (Å²) in [5.41, 5.74) is 5.33. The number of nitrogens with zero attached hydrogens (tertiary/aromatic N) is 2. The van der Waals surface area contributed by atoms with E-state index in [1.165, 1.54) is 5.01 Å². The Hall–Kier alpha value is -4.42. The number of hydrogen-bond donors (Lipinski definition) is 1. The Bertz CT molecular complexity index is 1550. The topological polar surface area (TPSA) is 71.0 Å². The number of nitrogens with one attached hydrogen (secondary N) is 1. The van der Waals surface area contributed by atoms with Gasteiger partial charge in [-0.2, -0.15) is 5.01 Å². The molecule has 0 aliphatic carbocycles. The molecule has 5 rings (SSSR count). The van der Waals surface area contributed by atoms with Gasteiger partial charge in [-0.25, -0.2) is 4.99 Å². The number of amidine groups is 1. The molecule has 0 saturated carbocycles. The molecule has 0 spiro atoms. The second-order valence-electron chi connectivity index (χ2n) is 8.69.